The lowest BCUT2D eigenvalue weighted by atomic mass is 9.67. The second-order valence-corrected chi connectivity index (χ2v) is 7.25. The molecule has 0 bridgehead atoms. The molecule has 0 aliphatic heterocycles. The van der Waals surface area contributed by atoms with Crippen molar-refractivity contribution >= 4 is 5.91 Å². The molecule has 0 rings (SSSR count). The van der Waals surface area contributed by atoms with Gasteiger partial charge in [-0.05, 0) is 23.7 Å². The molecule has 2 nitrogen and oxygen atoms in total. The Labute approximate surface area is 114 Å². The number of carbonyl (C=O) groups excluding carboxylic acids is 1. The fourth-order valence-electron chi connectivity index (χ4n) is 2.53. The Balaban J connectivity index is 5.12. The van der Waals surface area contributed by atoms with Crippen molar-refractivity contribution in [2.24, 2.45) is 16.7 Å². The van der Waals surface area contributed by atoms with Gasteiger partial charge in [0.1, 0.15) is 0 Å². The summed E-state index contributed by atoms with van der Waals surface area (Å²) in [7, 11) is 3.74. The van der Waals surface area contributed by atoms with Crippen LogP contribution in [0.2, 0.25) is 0 Å². The first-order valence-corrected chi connectivity index (χ1v) is 7.28. The number of rotatable bonds is 7. The van der Waals surface area contributed by atoms with E-state index >= 15 is 0 Å². The molecule has 0 aromatic rings. The van der Waals surface area contributed by atoms with Gasteiger partial charge in [0.05, 0.1) is 0 Å². The molecule has 0 aliphatic carbocycles. The monoisotopic (exact) mass is 255 g/mol. The van der Waals surface area contributed by atoms with Crippen LogP contribution in [0.4, 0.5) is 0 Å². The van der Waals surface area contributed by atoms with Crippen LogP contribution in [-0.4, -0.2) is 24.9 Å². The summed E-state index contributed by atoms with van der Waals surface area (Å²) in [5, 5.41) is 0. The van der Waals surface area contributed by atoms with Crippen LogP contribution in [-0.2, 0) is 4.79 Å². The highest BCUT2D eigenvalue weighted by atomic mass is 16.2. The van der Waals surface area contributed by atoms with Crippen molar-refractivity contribution in [3.63, 3.8) is 0 Å². The zero-order chi connectivity index (χ0) is 14.6. The molecule has 108 valence electrons. The topological polar surface area (TPSA) is 20.3 Å². The number of amides is 1. The molecular weight excluding hydrogens is 222 g/mol. The first-order chi connectivity index (χ1) is 8.07. The highest BCUT2D eigenvalue weighted by Crippen LogP contribution is 2.41. The molecule has 0 aliphatic rings. The van der Waals surface area contributed by atoms with E-state index in [1.165, 1.54) is 0 Å². The third-order valence-electron chi connectivity index (χ3n) is 4.29. The van der Waals surface area contributed by atoms with E-state index in [4.69, 9.17) is 0 Å². The molecule has 0 aromatic carbocycles. The molecule has 0 spiro atoms. The van der Waals surface area contributed by atoms with Crippen molar-refractivity contribution in [3.8, 4) is 0 Å². The lowest BCUT2D eigenvalue weighted by Crippen LogP contribution is -2.41. The van der Waals surface area contributed by atoms with Crippen LogP contribution in [0.15, 0.2) is 0 Å². The van der Waals surface area contributed by atoms with Crippen molar-refractivity contribution in [1.82, 2.24) is 4.90 Å². The Bertz CT molecular complexity index is 266. The third kappa shape index (κ3) is 4.99. The molecular formula is C16H33NO. The summed E-state index contributed by atoms with van der Waals surface area (Å²) in [6.45, 7) is 13.4. The maximum atomic E-state index is 12.5. The maximum Gasteiger partial charge on any atom is 0.225 e. The summed E-state index contributed by atoms with van der Waals surface area (Å²) in [4.78, 5) is 14.2. The largest absolute Gasteiger partial charge is 0.349 e. The Morgan fingerprint density at radius 1 is 1.11 bits per heavy atom. The van der Waals surface area contributed by atoms with E-state index in [9.17, 15) is 4.79 Å². The lowest BCUT2D eigenvalue weighted by Gasteiger charge is -2.39. The third-order valence-corrected chi connectivity index (χ3v) is 4.29. The van der Waals surface area contributed by atoms with Gasteiger partial charge in [-0.2, -0.15) is 0 Å². The van der Waals surface area contributed by atoms with Crippen molar-refractivity contribution in [3.05, 3.63) is 0 Å². The summed E-state index contributed by atoms with van der Waals surface area (Å²) in [6, 6.07) is 0. The second kappa shape index (κ2) is 6.58. The van der Waals surface area contributed by atoms with Crippen LogP contribution < -0.4 is 0 Å². The fourth-order valence-corrected chi connectivity index (χ4v) is 2.53. The van der Waals surface area contributed by atoms with Gasteiger partial charge in [-0.1, -0.05) is 54.4 Å². The van der Waals surface area contributed by atoms with Crippen LogP contribution in [0.5, 0.6) is 0 Å². The van der Waals surface area contributed by atoms with Crippen LogP contribution in [0, 0.1) is 16.7 Å². The minimum Gasteiger partial charge on any atom is -0.349 e. The molecule has 1 unspecified atom stereocenters. The number of hydrogen-bond acceptors (Lipinski definition) is 1. The Kier molecular flexibility index (Phi) is 6.39. The van der Waals surface area contributed by atoms with E-state index in [2.05, 4.69) is 41.5 Å². The standard InChI is InChI=1S/C16H33NO/c1-9-11-16(5,6)13(14(18)17(7)8)12-15(3,4)10-2/h13H,9-12H2,1-8H3. The van der Waals surface area contributed by atoms with Gasteiger partial charge in [0, 0.05) is 20.0 Å². The summed E-state index contributed by atoms with van der Waals surface area (Å²) >= 11 is 0. The van der Waals surface area contributed by atoms with Gasteiger partial charge in [0.25, 0.3) is 0 Å². The summed E-state index contributed by atoms with van der Waals surface area (Å²) in [6.07, 6.45) is 4.34. The van der Waals surface area contributed by atoms with Gasteiger partial charge < -0.3 is 4.90 Å². The normalized spacial score (nSPS) is 14.4. The van der Waals surface area contributed by atoms with Crippen LogP contribution in [0.1, 0.15) is 67.2 Å². The SMILES string of the molecule is CCCC(C)(C)C(CC(C)(C)CC)C(=O)N(C)C. The molecule has 0 saturated heterocycles. The Morgan fingerprint density at radius 3 is 1.94 bits per heavy atom. The molecule has 0 radical (unpaired) electrons. The molecule has 0 saturated carbocycles. The number of nitrogens with zero attached hydrogens (tertiary/aromatic N) is 1. The average molecular weight is 255 g/mol. The smallest absolute Gasteiger partial charge is 0.225 e. The summed E-state index contributed by atoms with van der Waals surface area (Å²) < 4.78 is 0. The quantitative estimate of drug-likeness (QED) is 0.662. The highest BCUT2D eigenvalue weighted by Gasteiger charge is 2.38. The second-order valence-electron chi connectivity index (χ2n) is 7.25. The minimum absolute atomic E-state index is 0.0859. The molecule has 1 amide bonds. The predicted molar refractivity (Wildman–Crippen MR) is 79.6 cm³/mol. The fraction of sp³-hybridized carbons (Fsp3) is 0.938. The lowest BCUT2D eigenvalue weighted by molar-refractivity contribution is -0.138. The number of hydrogen-bond donors (Lipinski definition) is 0. The van der Waals surface area contributed by atoms with E-state index in [-0.39, 0.29) is 22.7 Å². The number of carbonyl (C=O) groups is 1. The van der Waals surface area contributed by atoms with E-state index in [0.717, 1.165) is 25.7 Å². The van der Waals surface area contributed by atoms with E-state index in [1.54, 1.807) is 4.90 Å². The maximum absolute atomic E-state index is 12.5. The van der Waals surface area contributed by atoms with Gasteiger partial charge >= 0.3 is 0 Å². The first kappa shape index (κ1) is 17.5. The van der Waals surface area contributed by atoms with E-state index < -0.39 is 0 Å². The summed E-state index contributed by atoms with van der Waals surface area (Å²) in [5.74, 6) is 0.414. The zero-order valence-corrected chi connectivity index (χ0v) is 13.8. The van der Waals surface area contributed by atoms with Crippen molar-refractivity contribution < 1.29 is 4.79 Å². The average Bonchev–Trinajstić information content (AvgIpc) is 2.24. The zero-order valence-electron chi connectivity index (χ0n) is 13.8. The molecule has 2 heteroatoms. The summed E-state index contributed by atoms with van der Waals surface area (Å²) in [5.41, 5.74) is 0.323. The van der Waals surface area contributed by atoms with E-state index in [0.29, 0.717) is 0 Å². The molecule has 1 atom stereocenters. The van der Waals surface area contributed by atoms with Gasteiger partial charge in [-0.3, -0.25) is 4.79 Å². The molecule has 0 heterocycles. The van der Waals surface area contributed by atoms with Crippen molar-refractivity contribution in [2.75, 3.05) is 14.1 Å². The van der Waals surface area contributed by atoms with Crippen molar-refractivity contribution in [2.45, 2.75) is 67.2 Å². The van der Waals surface area contributed by atoms with Crippen LogP contribution in [0.25, 0.3) is 0 Å². The molecule has 18 heavy (non-hydrogen) atoms. The van der Waals surface area contributed by atoms with E-state index in [1.807, 2.05) is 14.1 Å². The van der Waals surface area contributed by atoms with Crippen molar-refractivity contribution in [1.29, 1.82) is 0 Å². The predicted octanol–water partition coefficient (Wildman–Crippen LogP) is 4.34. The Hall–Kier alpha value is -0.530. The Morgan fingerprint density at radius 2 is 1.61 bits per heavy atom. The van der Waals surface area contributed by atoms with Gasteiger partial charge in [-0.25, -0.2) is 0 Å². The molecule has 0 N–H and O–H groups in total. The van der Waals surface area contributed by atoms with Gasteiger partial charge in [-0.15, -0.1) is 0 Å². The van der Waals surface area contributed by atoms with Crippen LogP contribution in [0.3, 0.4) is 0 Å². The molecule has 0 fully saturated rings. The highest BCUT2D eigenvalue weighted by molar-refractivity contribution is 5.79. The van der Waals surface area contributed by atoms with Gasteiger partial charge in [0.2, 0.25) is 5.91 Å². The first-order valence-electron chi connectivity index (χ1n) is 7.28. The molecule has 0 aromatic heterocycles. The minimum atomic E-state index is 0.0859. The van der Waals surface area contributed by atoms with Gasteiger partial charge in [0.15, 0.2) is 0 Å². The van der Waals surface area contributed by atoms with Crippen LogP contribution >= 0.6 is 0 Å².